The molecule has 8 heteroatoms. The highest BCUT2D eigenvalue weighted by atomic mass is 32.8. The average Bonchev–Trinajstić information content (AvgIpc) is 2.35. The van der Waals surface area contributed by atoms with Crippen molar-refractivity contribution in [3.05, 3.63) is 0 Å². The van der Waals surface area contributed by atoms with Gasteiger partial charge in [-0.05, 0) is 30.8 Å². The van der Waals surface area contributed by atoms with Gasteiger partial charge in [-0.3, -0.25) is 9.97 Å². The van der Waals surface area contributed by atoms with Gasteiger partial charge in [0.2, 0.25) is 0 Å². The molecule has 1 atom stereocenters. The van der Waals surface area contributed by atoms with Crippen molar-refractivity contribution in [1.29, 1.82) is 5.41 Å². The Morgan fingerprint density at radius 1 is 1.43 bits per heavy atom. The largest absolute Gasteiger partial charge is 0.370 e. The Balaban J connectivity index is 2.66. The van der Waals surface area contributed by atoms with Crippen molar-refractivity contribution in [3.8, 4) is 0 Å². The first-order chi connectivity index (χ1) is 9.54. The molecule has 0 saturated carbocycles. The summed E-state index contributed by atoms with van der Waals surface area (Å²) in [6, 6.07) is 0.203. The summed E-state index contributed by atoms with van der Waals surface area (Å²) >= 11 is 0. The summed E-state index contributed by atoms with van der Waals surface area (Å²) in [6.07, 6.45) is 5.73. The maximum Gasteiger partial charge on any atom is 0.309 e. The Morgan fingerprint density at radius 2 is 1.95 bits per heavy atom. The van der Waals surface area contributed by atoms with Gasteiger partial charge in [0.25, 0.3) is 0 Å². The van der Waals surface area contributed by atoms with Gasteiger partial charge in [-0.2, -0.15) is 10.5 Å². The van der Waals surface area contributed by atoms with Crippen molar-refractivity contribution in [2.45, 2.75) is 39.7 Å². The van der Waals surface area contributed by atoms with Gasteiger partial charge in [-0.25, -0.2) is 4.67 Å². The molecule has 0 aromatic heterocycles. The van der Waals surface area contributed by atoms with Crippen LogP contribution in [0, 0.1) is 10.8 Å². The fourth-order valence-electron chi connectivity index (χ4n) is 2.21. The molecule has 1 unspecified atom stereocenters. The van der Waals surface area contributed by atoms with Crippen molar-refractivity contribution in [3.63, 3.8) is 0 Å². The maximum atomic E-state index is 13.3. The third-order valence-electron chi connectivity index (χ3n) is 3.36. The summed E-state index contributed by atoms with van der Waals surface area (Å²) in [4.78, 5) is 0. The minimum Gasteiger partial charge on any atom is -0.370 e. The number of nitrogens with zero attached hydrogens (tertiary/aromatic N) is 1. The summed E-state index contributed by atoms with van der Waals surface area (Å²) in [6.45, 7) is 5.50. The predicted octanol–water partition coefficient (Wildman–Crippen LogP) is 2.37. The van der Waals surface area contributed by atoms with Gasteiger partial charge >= 0.3 is 6.72 Å². The minimum atomic E-state index is -2.74. The molecule has 1 rings (SSSR count). The van der Waals surface area contributed by atoms with E-state index >= 15 is 0 Å². The molecule has 0 spiro atoms. The summed E-state index contributed by atoms with van der Waals surface area (Å²) < 4.78 is 21.3. The first-order valence-corrected chi connectivity index (χ1v) is 11.8. The zero-order valence-electron chi connectivity index (χ0n) is 13.8. The second-order valence-corrected chi connectivity index (χ2v) is 14.4. The molecular weight excluding hydrogens is 307 g/mol. The van der Waals surface area contributed by atoms with Gasteiger partial charge in [0.15, 0.2) is 5.96 Å². The summed E-state index contributed by atoms with van der Waals surface area (Å²) in [7, 11) is -0.681. The SMILES string of the molecule is C[SH](C)P(=O)(OCC(C)(C)C)N1CCC(NC(=N)N)CC1. The highest BCUT2D eigenvalue weighted by Crippen LogP contribution is 2.69. The lowest BCUT2D eigenvalue weighted by molar-refractivity contribution is 0.177. The Labute approximate surface area is 131 Å². The van der Waals surface area contributed by atoms with E-state index in [1.807, 2.05) is 17.2 Å². The van der Waals surface area contributed by atoms with Crippen LogP contribution in [0.4, 0.5) is 0 Å². The van der Waals surface area contributed by atoms with Crippen LogP contribution >= 0.6 is 17.2 Å². The van der Waals surface area contributed by atoms with Crippen LogP contribution in [-0.2, 0) is 9.09 Å². The van der Waals surface area contributed by atoms with Crippen LogP contribution in [0.3, 0.4) is 0 Å². The second kappa shape index (κ2) is 7.36. The smallest absolute Gasteiger partial charge is 0.309 e. The molecule has 0 aromatic rings. The molecule has 1 aliphatic rings. The fraction of sp³-hybridized carbons (Fsp3) is 0.923. The highest BCUT2D eigenvalue weighted by molar-refractivity contribution is 8.65. The number of piperidine rings is 1. The monoisotopic (exact) mass is 338 g/mol. The van der Waals surface area contributed by atoms with Crippen LogP contribution in [0.15, 0.2) is 0 Å². The molecule has 126 valence electrons. The van der Waals surface area contributed by atoms with E-state index in [-0.39, 0.29) is 17.4 Å². The van der Waals surface area contributed by atoms with Gasteiger partial charge in [-0.15, -0.1) is 0 Å². The van der Waals surface area contributed by atoms with E-state index in [1.54, 1.807) is 0 Å². The van der Waals surface area contributed by atoms with Gasteiger partial charge in [0.05, 0.1) is 6.61 Å². The van der Waals surface area contributed by atoms with Crippen LogP contribution in [0.5, 0.6) is 0 Å². The van der Waals surface area contributed by atoms with Gasteiger partial charge < -0.3 is 15.6 Å². The van der Waals surface area contributed by atoms with E-state index in [0.717, 1.165) is 25.9 Å². The lowest BCUT2D eigenvalue weighted by Gasteiger charge is -2.40. The standard InChI is InChI=1S/C13H31N4O2PS/c1-13(2,3)10-19-20(18,21(4)5)17-8-6-11(7-9-17)16-12(14)15/h11,21H,6-10H2,1-5H3,(H4,14,15,16). The van der Waals surface area contributed by atoms with Gasteiger partial charge in [-0.1, -0.05) is 20.8 Å². The molecule has 21 heavy (non-hydrogen) atoms. The second-order valence-electron chi connectivity index (χ2n) is 6.96. The van der Waals surface area contributed by atoms with Gasteiger partial charge in [0, 0.05) is 19.1 Å². The molecule has 1 heterocycles. The third kappa shape index (κ3) is 5.81. The molecule has 6 nitrogen and oxygen atoms in total. The van der Waals surface area contributed by atoms with Crippen molar-refractivity contribution >= 4 is 23.2 Å². The molecule has 0 aliphatic carbocycles. The molecule has 0 aromatic carbocycles. The fourth-order valence-corrected chi connectivity index (χ4v) is 7.32. The quantitative estimate of drug-likeness (QED) is 0.267. The Morgan fingerprint density at radius 3 is 2.33 bits per heavy atom. The molecule has 1 saturated heterocycles. The number of hydrogen-bond acceptors (Lipinski definition) is 3. The maximum absolute atomic E-state index is 13.3. The first-order valence-electron chi connectivity index (χ1n) is 7.33. The Kier molecular flexibility index (Phi) is 6.59. The van der Waals surface area contributed by atoms with E-state index in [4.69, 9.17) is 15.7 Å². The molecule has 0 radical (unpaired) electrons. The summed E-state index contributed by atoms with van der Waals surface area (Å²) in [5.41, 5.74) is 5.38. The molecule has 1 aliphatic heterocycles. The van der Waals surface area contributed by atoms with E-state index in [2.05, 4.69) is 26.1 Å². The lowest BCUT2D eigenvalue weighted by atomic mass is 9.99. The Hall–Kier alpha value is -0.230. The minimum absolute atomic E-state index is 0.00819. The van der Waals surface area contributed by atoms with E-state index in [1.165, 1.54) is 0 Å². The number of guanidine groups is 1. The highest BCUT2D eigenvalue weighted by Gasteiger charge is 2.37. The summed E-state index contributed by atoms with van der Waals surface area (Å²) in [5.74, 6) is 0.00819. The molecule has 4 N–H and O–H groups in total. The summed E-state index contributed by atoms with van der Waals surface area (Å²) in [5, 5.41) is 10.2. The van der Waals surface area contributed by atoms with E-state index in [0.29, 0.717) is 6.61 Å². The lowest BCUT2D eigenvalue weighted by Crippen LogP contribution is -2.45. The van der Waals surface area contributed by atoms with Crippen LogP contribution in [0.2, 0.25) is 0 Å². The number of thiol groups is 1. The van der Waals surface area contributed by atoms with E-state index < -0.39 is 17.2 Å². The third-order valence-corrected chi connectivity index (χ3v) is 10.1. The topological polar surface area (TPSA) is 91.4 Å². The zero-order valence-corrected chi connectivity index (χ0v) is 15.6. The normalized spacial score (nSPS) is 21.7. The van der Waals surface area contributed by atoms with Crippen LogP contribution in [0.25, 0.3) is 0 Å². The van der Waals surface area contributed by atoms with Crippen molar-refractivity contribution in [2.75, 3.05) is 32.2 Å². The molecular formula is C13H31N4O2PS. The zero-order chi connectivity index (χ0) is 16.3. The molecule has 1 fully saturated rings. The van der Waals surface area contributed by atoms with Gasteiger partial charge in [0.1, 0.15) is 0 Å². The number of nitrogens with one attached hydrogen (secondary N) is 2. The molecule has 0 bridgehead atoms. The van der Waals surface area contributed by atoms with Crippen LogP contribution < -0.4 is 11.1 Å². The van der Waals surface area contributed by atoms with Crippen molar-refractivity contribution < 1.29 is 9.09 Å². The first kappa shape index (κ1) is 18.8. The molecule has 0 amide bonds. The predicted molar refractivity (Wildman–Crippen MR) is 93.5 cm³/mol. The van der Waals surface area contributed by atoms with Crippen molar-refractivity contribution in [1.82, 2.24) is 9.99 Å². The number of nitrogens with two attached hydrogens (primary N) is 1. The van der Waals surface area contributed by atoms with E-state index in [9.17, 15) is 4.57 Å². The Bertz CT molecular complexity index is 403. The van der Waals surface area contributed by atoms with Crippen LogP contribution in [-0.4, -0.2) is 48.9 Å². The number of rotatable bonds is 5. The number of hydrogen-bond donors (Lipinski definition) is 4. The van der Waals surface area contributed by atoms with Crippen molar-refractivity contribution in [2.24, 2.45) is 11.1 Å². The average molecular weight is 338 g/mol. The van der Waals surface area contributed by atoms with Crippen LogP contribution in [0.1, 0.15) is 33.6 Å².